The zero-order chi connectivity index (χ0) is 14.5. The molecule has 0 aliphatic rings. The van der Waals surface area contributed by atoms with Crippen molar-refractivity contribution in [2.24, 2.45) is 0 Å². The lowest BCUT2D eigenvalue weighted by Crippen LogP contribution is -2.38. The van der Waals surface area contributed by atoms with Crippen molar-refractivity contribution in [2.45, 2.75) is 31.5 Å². The fraction of sp³-hybridized carbons (Fsp3) is 0.429. The first-order chi connectivity index (χ1) is 8.79. The molecular weight excluding hydrogens is 308 g/mol. The van der Waals surface area contributed by atoms with Gasteiger partial charge in [-0.1, -0.05) is 33.6 Å². The first kappa shape index (κ1) is 15.7. The van der Waals surface area contributed by atoms with E-state index in [1.54, 1.807) is 13.8 Å². The average molecular weight is 327 g/mol. The highest BCUT2D eigenvalue weighted by Gasteiger charge is 2.22. The zero-order valence-corrected chi connectivity index (χ0v) is 13.0. The third kappa shape index (κ3) is 5.87. The van der Waals surface area contributed by atoms with E-state index in [0.29, 0.717) is 6.54 Å². The number of amides is 2. The molecular formula is C14H19BrN2O2. The number of benzene rings is 1. The molecule has 1 aromatic carbocycles. The molecule has 4 nitrogen and oxygen atoms in total. The molecule has 1 rings (SSSR count). The largest absolute Gasteiger partial charge is 0.354 e. The second-order valence-corrected chi connectivity index (χ2v) is 6.88. The smallest absolute Gasteiger partial charge is 0.236 e. The van der Waals surface area contributed by atoms with Crippen LogP contribution in [0.15, 0.2) is 24.3 Å². The minimum Gasteiger partial charge on any atom is -0.354 e. The number of rotatable bonds is 5. The molecule has 0 aliphatic carbocycles. The van der Waals surface area contributed by atoms with Gasteiger partial charge in [0, 0.05) is 18.7 Å². The van der Waals surface area contributed by atoms with Crippen LogP contribution in [0.4, 0.5) is 5.69 Å². The number of halogens is 1. The predicted molar refractivity (Wildman–Crippen MR) is 80.4 cm³/mol. The zero-order valence-electron chi connectivity index (χ0n) is 11.4. The van der Waals surface area contributed by atoms with Crippen molar-refractivity contribution >= 4 is 33.4 Å². The lowest BCUT2D eigenvalue weighted by atomic mass is 10.2. The second kappa shape index (κ2) is 6.70. The molecule has 0 radical (unpaired) electrons. The van der Waals surface area contributed by atoms with Crippen molar-refractivity contribution in [2.75, 3.05) is 11.9 Å². The van der Waals surface area contributed by atoms with E-state index in [1.165, 1.54) is 0 Å². The van der Waals surface area contributed by atoms with E-state index >= 15 is 0 Å². The maximum atomic E-state index is 11.7. The molecule has 104 valence electrons. The number of carbonyl (C=O) groups excluding carboxylic acids is 2. The number of hydrogen-bond donors (Lipinski definition) is 2. The molecule has 0 fully saturated rings. The van der Waals surface area contributed by atoms with E-state index in [4.69, 9.17) is 0 Å². The number of alkyl halides is 1. The molecule has 0 unspecified atom stereocenters. The minimum absolute atomic E-state index is 0.114. The van der Waals surface area contributed by atoms with Gasteiger partial charge in [0.15, 0.2) is 0 Å². The molecule has 2 amide bonds. The van der Waals surface area contributed by atoms with Crippen molar-refractivity contribution in [3.8, 4) is 0 Å². The Bertz CT molecular complexity index is 450. The molecule has 0 bridgehead atoms. The summed E-state index contributed by atoms with van der Waals surface area (Å²) in [6, 6.07) is 7.58. The molecule has 0 heterocycles. The Hall–Kier alpha value is -1.36. The van der Waals surface area contributed by atoms with E-state index in [9.17, 15) is 9.59 Å². The van der Waals surface area contributed by atoms with Crippen molar-refractivity contribution in [3.05, 3.63) is 29.8 Å². The van der Waals surface area contributed by atoms with E-state index in [-0.39, 0.29) is 18.2 Å². The highest BCUT2D eigenvalue weighted by molar-refractivity contribution is 9.10. The molecule has 2 N–H and O–H groups in total. The Balaban J connectivity index is 2.33. The predicted octanol–water partition coefficient (Wildman–Crippen LogP) is 2.61. The highest BCUT2D eigenvalue weighted by atomic mass is 79.9. The number of carbonyl (C=O) groups is 2. The van der Waals surface area contributed by atoms with Gasteiger partial charge in [-0.05, 0) is 32.9 Å². The first-order valence-corrected chi connectivity index (χ1v) is 6.92. The van der Waals surface area contributed by atoms with Crippen LogP contribution in [-0.4, -0.2) is 22.7 Å². The van der Waals surface area contributed by atoms with E-state index in [0.717, 1.165) is 11.3 Å². The van der Waals surface area contributed by atoms with Crippen molar-refractivity contribution in [1.29, 1.82) is 0 Å². The van der Waals surface area contributed by atoms with Crippen LogP contribution in [0, 0.1) is 6.92 Å². The molecule has 0 saturated carbocycles. The number of nitrogens with one attached hydrogen (secondary N) is 2. The van der Waals surface area contributed by atoms with Gasteiger partial charge in [-0.2, -0.15) is 0 Å². The quantitative estimate of drug-likeness (QED) is 0.817. The van der Waals surface area contributed by atoms with Gasteiger partial charge >= 0.3 is 0 Å². The molecule has 0 atom stereocenters. The first-order valence-electron chi connectivity index (χ1n) is 6.13. The van der Waals surface area contributed by atoms with Gasteiger partial charge in [-0.3, -0.25) is 9.59 Å². The molecule has 1 aromatic rings. The molecule has 5 heteroatoms. The fourth-order valence-electron chi connectivity index (χ4n) is 1.36. The summed E-state index contributed by atoms with van der Waals surface area (Å²) in [5.74, 6) is -0.243. The Morgan fingerprint density at radius 1 is 1.21 bits per heavy atom. The lowest BCUT2D eigenvalue weighted by molar-refractivity contribution is -0.122. The number of anilines is 1. The Labute approximate surface area is 122 Å². The highest BCUT2D eigenvalue weighted by Crippen LogP contribution is 2.15. The van der Waals surface area contributed by atoms with E-state index in [1.807, 2.05) is 31.2 Å². The average Bonchev–Trinajstić information content (AvgIpc) is 2.31. The Morgan fingerprint density at radius 3 is 2.32 bits per heavy atom. The summed E-state index contributed by atoms with van der Waals surface area (Å²) in [5.41, 5.74) is 1.91. The van der Waals surface area contributed by atoms with Gasteiger partial charge in [0.05, 0.1) is 4.32 Å². The third-order valence-electron chi connectivity index (χ3n) is 2.51. The molecule has 0 saturated heterocycles. The van der Waals surface area contributed by atoms with Gasteiger partial charge in [0.1, 0.15) is 0 Å². The maximum absolute atomic E-state index is 11.7. The molecule has 0 aliphatic heterocycles. The van der Waals surface area contributed by atoms with Gasteiger partial charge in [0.2, 0.25) is 11.8 Å². The van der Waals surface area contributed by atoms with Crippen LogP contribution in [0.25, 0.3) is 0 Å². The van der Waals surface area contributed by atoms with Crippen LogP contribution in [0.1, 0.15) is 25.8 Å². The Kier molecular flexibility index (Phi) is 5.54. The van der Waals surface area contributed by atoms with Gasteiger partial charge in [-0.25, -0.2) is 0 Å². The summed E-state index contributed by atoms with van der Waals surface area (Å²) < 4.78 is -0.611. The molecule has 0 spiro atoms. The van der Waals surface area contributed by atoms with E-state index < -0.39 is 4.32 Å². The summed E-state index contributed by atoms with van der Waals surface area (Å²) >= 11 is 3.26. The SMILES string of the molecule is Cc1ccc(NC(=O)CCNC(=O)C(C)(C)Br)cc1. The van der Waals surface area contributed by atoms with E-state index in [2.05, 4.69) is 26.6 Å². The van der Waals surface area contributed by atoms with Crippen molar-refractivity contribution in [1.82, 2.24) is 5.32 Å². The van der Waals surface area contributed by atoms with Gasteiger partial charge in [0.25, 0.3) is 0 Å². The maximum Gasteiger partial charge on any atom is 0.236 e. The van der Waals surface area contributed by atoms with Gasteiger partial charge < -0.3 is 10.6 Å². The van der Waals surface area contributed by atoms with Crippen LogP contribution in [0.3, 0.4) is 0 Å². The second-order valence-electron chi connectivity index (χ2n) is 4.89. The summed E-state index contributed by atoms with van der Waals surface area (Å²) in [7, 11) is 0. The standard InChI is InChI=1S/C14H19BrN2O2/c1-10-4-6-11(7-5-10)17-12(18)8-9-16-13(19)14(2,3)15/h4-7H,8-9H2,1-3H3,(H,16,19)(H,17,18). The van der Waals surface area contributed by atoms with Crippen LogP contribution < -0.4 is 10.6 Å². The number of hydrogen-bond acceptors (Lipinski definition) is 2. The summed E-state index contributed by atoms with van der Waals surface area (Å²) in [5, 5.41) is 5.48. The van der Waals surface area contributed by atoms with Crippen LogP contribution in [0.2, 0.25) is 0 Å². The summed E-state index contributed by atoms with van der Waals surface area (Å²) in [4.78, 5) is 23.2. The molecule has 0 aromatic heterocycles. The topological polar surface area (TPSA) is 58.2 Å². The van der Waals surface area contributed by atoms with Crippen molar-refractivity contribution in [3.63, 3.8) is 0 Å². The Morgan fingerprint density at radius 2 is 1.79 bits per heavy atom. The summed E-state index contributed by atoms with van der Waals surface area (Å²) in [6.07, 6.45) is 0.253. The fourth-order valence-corrected chi connectivity index (χ4v) is 1.50. The summed E-state index contributed by atoms with van der Waals surface area (Å²) in [6.45, 7) is 5.83. The van der Waals surface area contributed by atoms with Gasteiger partial charge in [-0.15, -0.1) is 0 Å². The van der Waals surface area contributed by atoms with Crippen LogP contribution in [-0.2, 0) is 9.59 Å². The normalized spacial score (nSPS) is 10.9. The monoisotopic (exact) mass is 326 g/mol. The number of aryl methyl sites for hydroxylation is 1. The lowest BCUT2D eigenvalue weighted by Gasteiger charge is -2.15. The minimum atomic E-state index is -0.611. The third-order valence-corrected chi connectivity index (χ3v) is 2.87. The van der Waals surface area contributed by atoms with Crippen LogP contribution >= 0.6 is 15.9 Å². The van der Waals surface area contributed by atoms with Crippen molar-refractivity contribution < 1.29 is 9.59 Å². The molecule has 19 heavy (non-hydrogen) atoms. The van der Waals surface area contributed by atoms with Crippen LogP contribution in [0.5, 0.6) is 0 Å².